The summed E-state index contributed by atoms with van der Waals surface area (Å²) in [6.45, 7) is 49.7. The van der Waals surface area contributed by atoms with E-state index in [2.05, 4.69) is 238 Å². The van der Waals surface area contributed by atoms with E-state index in [0.717, 1.165) is 24.9 Å². The maximum Gasteiger partial charge on any atom is 0.264 e. The highest BCUT2D eigenvalue weighted by atomic mass is 32.1. The fraction of sp³-hybridized carbons (Fsp3) is 0.556. The van der Waals surface area contributed by atoms with Gasteiger partial charge in [-0.05, 0) is 194 Å². The molecule has 5 aromatic rings. The molecule has 6 aliphatic rings. The Kier molecular flexibility index (Phi) is 12.3. The molecular formula is C72H93BN2S. The van der Waals surface area contributed by atoms with Crippen molar-refractivity contribution in [2.45, 2.75) is 235 Å². The first kappa shape index (κ1) is 53.5. The molecule has 2 atom stereocenters. The summed E-state index contributed by atoms with van der Waals surface area (Å²) in [7, 11) is 0. The number of allylic oxidation sites excluding steroid dienone is 4. The Labute approximate surface area is 466 Å². The van der Waals surface area contributed by atoms with Gasteiger partial charge in [-0.2, -0.15) is 11.3 Å². The lowest BCUT2D eigenvalue weighted by Crippen LogP contribution is -2.58. The van der Waals surface area contributed by atoms with Crippen LogP contribution in [-0.4, -0.2) is 6.71 Å². The number of thiophene rings is 1. The quantitative estimate of drug-likeness (QED) is 0.143. The smallest absolute Gasteiger partial charge is 0.264 e. The summed E-state index contributed by atoms with van der Waals surface area (Å²) in [4.78, 5) is 7.22. The van der Waals surface area contributed by atoms with Gasteiger partial charge in [-0.3, -0.25) is 0 Å². The summed E-state index contributed by atoms with van der Waals surface area (Å²) < 4.78 is 1.53. The number of benzene rings is 3. The molecule has 11 rings (SSSR count). The second kappa shape index (κ2) is 17.5. The Morgan fingerprint density at radius 1 is 0.671 bits per heavy atom. The molecule has 3 heterocycles. The van der Waals surface area contributed by atoms with Gasteiger partial charge in [0.15, 0.2) is 0 Å². The van der Waals surface area contributed by atoms with Crippen LogP contribution in [0.3, 0.4) is 0 Å². The van der Waals surface area contributed by atoms with Crippen LogP contribution in [0, 0.1) is 41.7 Å². The second-order valence-electron chi connectivity index (χ2n) is 30.8. The highest BCUT2D eigenvalue weighted by Gasteiger charge is 2.57. The molecule has 1 saturated carbocycles. The molecular weight excluding hydrogens is 936 g/mol. The van der Waals surface area contributed by atoms with Crippen molar-refractivity contribution < 1.29 is 0 Å². The van der Waals surface area contributed by atoms with Gasteiger partial charge in [0.2, 0.25) is 0 Å². The first-order valence-electron chi connectivity index (χ1n) is 30.0. The summed E-state index contributed by atoms with van der Waals surface area (Å²) in [5, 5.41) is 0. The van der Waals surface area contributed by atoms with Gasteiger partial charge in [0.1, 0.15) is 0 Å². The molecule has 0 amide bonds. The summed E-state index contributed by atoms with van der Waals surface area (Å²) in [5.74, 6) is 0.732. The van der Waals surface area contributed by atoms with E-state index >= 15 is 0 Å². The molecule has 0 spiro atoms. The highest BCUT2D eigenvalue weighted by Crippen LogP contribution is 2.63. The molecule has 400 valence electrons. The molecule has 0 radical (unpaired) electrons. The van der Waals surface area contributed by atoms with Crippen molar-refractivity contribution in [1.29, 1.82) is 0 Å². The second-order valence-corrected chi connectivity index (χ2v) is 31.9. The fourth-order valence-electron chi connectivity index (χ4n) is 15.6. The van der Waals surface area contributed by atoms with E-state index < -0.39 is 0 Å². The highest BCUT2D eigenvalue weighted by molar-refractivity contribution is 7.28. The van der Waals surface area contributed by atoms with Crippen LogP contribution in [0.4, 0.5) is 28.4 Å². The van der Waals surface area contributed by atoms with E-state index in [9.17, 15) is 0 Å². The topological polar surface area (TPSA) is 6.48 Å². The lowest BCUT2D eigenvalue weighted by atomic mass is 9.33. The van der Waals surface area contributed by atoms with Gasteiger partial charge in [-0.15, -0.1) is 0 Å². The third-order valence-corrected chi connectivity index (χ3v) is 22.6. The molecule has 4 aromatic carbocycles. The molecule has 2 unspecified atom stereocenters. The van der Waals surface area contributed by atoms with Crippen LogP contribution in [0.15, 0.2) is 77.9 Å². The summed E-state index contributed by atoms with van der Waals surface area (Å²) >= 11 is 2.17. The summed E-state index contributed by atoms with van der Waals surface area (Å²) in [6, 6.07) is 30.8. The maximum atomic E-state index is 3.98. The SMILES string of the molecule is CCCCC(C)(C)c1cc(N2C3=C(C=CC4C3C(C)(C)CCC4(C)C)B3c4sc5c(c4N(c4ccc(C(C)(C)C)cc4-c4ccc6c(c4)C(C)(C)CCC6(C)C)c4cc(C)cc2c43)C(C)(C)CCC5(C)C)c#cc1CC. The van der Waals surface area contributed by atoms with Crippen molar-refractivity contribution >= 4 is 56.7 Å². The number of fused-ring (bicyclic) bond motifs is 8. The predicted octanol–water partition coefficient (Wildman–Crippen LogP) is 19.3. The van der Waals surface area contributed by atoms with Gasteiger partial charge in [0.25, 0.3) is 6.71 Å². The van der Waals surface area contributed by atoms with Gasteiger partial charge in [-0.1, -0.05) is 187 Å². The van der Waals surface area contributed by atoms with Crippen molar-refractivity contribution in [3.63, 3.8) is 0 Å². The lowest BCUT2D eigenvalue weighted by molar-refractivity contribution is 0.0254. The average molecular weight is 1030 g/mol. The molecule has 0 bridgehead atoms. The van der Waals surface area contributed by atoms with Gasteiger partial charge < -0.3 is 9.80 Å². The predicted molar refractivity (Wildman–Crippen MR) is 332 cm³/mol. The number of hydrogen-bond acceptors (Lipinski definition) is 3. The minimum atomic E-state index is -0.0300. The first-order valence-corrected chi connectivity index (χ1v) is 30.8. The number of aryl methyl sites for hydroxylation is 1. The third-order valence-electron chi connectivity index (χ3n) is 20.9. The molecule has 2 nitrogen and oxygen atoms in total. The minimum absolute atomic E-state index is 0.00297. The Bertz CT molecular complexity index is 3240. The van der Waals surface area contributed by atoms with Gasteiger partial charge >= 0.3 is 0 Å². The van der Waals surface area contributed by atoms with Gasteiger partial charge in [0, 0.05) is 43.8 Å². The summed E-state index contributed by atoms with van der Waals surface area (Å²) in [6.07, 6.45) is 17.1. The van der Waals surface area contributed by atoms with Crippen LogP contribution in [0.2, 0.25) is 0 Å². The maximum absolute atomic E-state index is 3.98. The normalized spacial score (nSPS) is 23.0. The monoisotopic (exact) mass is 1030 g/mol. The fourth-order valence-corrected chi connectivity index (χ4v) is 17.4. The molecule has 4 aliphatic carbocycles. The molecule has 1 fully saturated rings. The van der Waals surface area contributed by atoms with Crippen molar-refractivity contribution in [2.75, 3.05) is 9.80 Å². The molecule has 1 aromatic heterocycles. The standard InChI is InChI=1S/C72H93BN2S/c1-21-23-32-66(7,8)52-43-48(27-24-45(52)22-2)74-56-39-44(3)40-57-60(56)73(54-30-29-51-58(61(54)74)70(15,16)36-35-68(51,11)12)64-62(59-63(76-64)72(19,20)38-37-71(59,17)18)75(57)55-31-26-47(65(4,5)6)42-49(55)46-25-28-50-53(41-46)69(13,14)34-33-67(50,9)10/h25-26,28-31,39-43,51,58H,21-23,32-38H2,1-20H3. The summed E-state index contributed by atoms with van der Waals surface area (Å²) in [5.41, 5.74) is 24.2. The Hall–Kier alpha value is -4.46. The third kappa shape index (κ3) is 8.21. The lowest BCUT2D eigenvalue weighted by Gasteiger charge is -2.57. The Morgan fingerprint density at radius 2 is 1.32 bits per heavy atom. The van der Waals surface area contributed by atoms with Crippen molar-refractivity contribution in [3.05, 3.63) is 134 Å². The zero-order valence-corrected chi connectivity index (χ0v) is 51.8. The van der Waals surface area contributed by atoms with Crippen LogP contribution < -0.4 is 20.0 Å². The van der Waals surface area contributed by atoms with Crippen molar-refractivity contribution in [2.24, 2.45) is 22.7 Å². The molecule has 0 saturated heterocycles. The van der Waals surface area contributed by atoms with Crippen molar-refractivity contribution in [1.82, 2.24) is 0 Å². The number of nitrogens with zero attached hydrogens (tertiary/aromatic N) is 2. The largest absolute Gasteiger partial charge is 0.310 e. The van der Waals surface area contributed by atoms with E-state index in [1.165, 1.54) is 134 Å². The van der Waals surface area contributed by atoms with E-state index in [4.69, 9.17) is 0 Å². The Balaban J connectivity index is 1.27. The van der Waals surface area contributed by atoms with Crippen LogP contribution in [0.5, 0.6) is 0 Å². The molecule has 0 N–H and O–H groups in total. The zero-order chi connectivity index (χ0) is 54.8. The number of anilines is 5. The van der Waals surface area contributed by atoms with Crippen molar-refractivity contribution in [3.8, 4) is 11.1 Å². The van der Waals surface area contributed by atoms with Crippen LogP contribution in [-0.2, 0) is 38.9 Å². The minimum Gasteiger partial charge on any atom is -0.310 e. The Morgan fingerprint density at radius 3 is 1.99 bits per heavy atom. The molecule has 76 heavy (non-hydrogen) atoms. The van der Waals surface area contributed by atoms with E-state index in [0.29, 0.717) is 11.8 Å². The molecule has 4 heteroatoms. The zero-order valence-electron chi connectivity index (χ0n) is 51.0. The average Bonchev–Trinajstić information content (AvgIpc) is 3.97. The number of unbranched alkanes of at least 4 members (excludes halogenated alkanes) is 1. The van der Waals surface area contributed by atoms with Crippen LogP contribution in [0.25, 0.3) is 11.1 Å². The first-order chi connectivity index (χ1) is 35.3. The van der Waals surface area contributed by atoms with Gasteiger partial charge in [-0.25, -0.2) is 0 Å². The van der Waals surface area contributed by atoms with E-state index in [1.807, 2.05) is 0 Å². The number of hydrogen-bond donors (Lipinski definition) is 0. The van der Waals surface area contributed by atoms with E-state index in [-0.39, 0.29) is 50.0 Å². The van der Waals surface area contributed by atoms with Gasteiger partial charge in [0.05, 0.1) is 17.1 Å². The van der Waals surface area contributed by atoms with E-state index in [1.54, 1.807) is 10.4 Å². The van der Waals surface area contributed by atoms with Crippen LogP contribution >= 0.6 is 11.3 Å². The van der Waals surface area contributed by atoms with Crippen LogP contribution in [0.1, 0.15) is 233 Å². The number of rotatable bonds is 8. The molecule has 2 aliphatic heterocycles.